The van der Waals surface area contributed by atoms with Gasteiger partial charge in [0.15, 0.2) is 5.65 Å². The predicted molar refractivity (Wildman–Crippen MR) is 136 cm³/mol. The molecule has 0 aliphatic carbocycles. The first-order valence-corrected chi connectivity index (χ1v) is 11.8. The third kappa shape index (κ3) is 3.78. The zero-order chi connectivity index (χ0) is 24.8. The molecule has 0 unspecified atom stereocenters. The van der Waals surface area contributed by atoms with E-state index in [1.807, 2.05) is 31.2 Å². The summed E-state index contributed by atoms with van der Waals surface area (Å²) in [4.78, 5) is 34.3. The molecule has 5 aromatic rings. The van der Waals surface area contributed by atoms with Gasteiger partial charge in [0, 0.05) is 43.0 Å². The fourth-order valence-corrected chi connectivity index (χ4v) is 4.67. The number of anilines is 1. The number of piperazine rings is 1. The molecule has 0 atom stereocenters. The Morgan fingerprint density at radius 1 is 0.944 bits per heavy atom. The van der Waals surface area contributed by atoms with E-state index in [1.165, 1.54) is 12.1 Å². The van der Waals surface area contributed by atoms with Crippen LogP contribution in [0.2, 0.25) is 0 Å². The van der Waals surface area contributed by atoms with E-state index >= 15 is 0 Å². The van der Waals surface area contributed by atoms with Crippen molar-refractivity contribution in [1.29, 1.82) is 0 Å². The maximum atomic E-state index is 13.3. The number of nitrogens with zero attached hydrogens (tertiary/aromatic N) is 5. The summed E-state index contributed by atoms with van der Waals surface area (Å²) in [6.45, 7) is 4.39. The number of rotatable bonds is 3. The summed E-state index contributed by atoms with van der Waals surface area (Å²) in [6, 6.07) is 19.3. The van der Waals surface area contributed by atoms with E-state index in [-0.39, 0.29) is 17.3 Å². The highest BCUT2D eigenvalue weighted by Crippen LogP contribution is 2.24. The molecule has 0 bridgehead atoms. The van der Waals surface area contributed by atoms with E-state index < -0.39 is 0 Å². The third-order valence-corrected chi connectivity index (χ3v) is 6.69. The van der Waals surface area contributed by atoms with Gasteiger partial charge in [0.2, 0.25) is 0 Å². The van der Waals surface area contributed by atoms with E-state index in [0.29, 0.717) is 54.0 Å². The molecule has 36 heavy (non-hydrogen) atoms. The van der Waals surface area contributed by atoms with E-state index in [0.717, 1.165) is 16.8 Å². The second kappa shape index (κ2) is 8.60. The molecule has 1 saturated heterocycles. The van der Waals surface area contributed by atoms with E-state index in [1.54, 1.807) is 39.7 Å². The molecule has 9 heteroatoms. The lowest BCUT2D eigenvalue weighted by atomic mass is 10.1. The number of benzene rings is 3. The lowest BCUT2D eigenvalue weighted by Crippen LogP contribution is -2.48. The first kappa shape index (κ1) is 22.0. The minimum absolute atomic E-state index is 0.105. The molecule has 1 fully saturated rings. The van der Waals surface area contributed by atoms with Crippen LogP contribution in [-0.4, -0.2) is 56.8 Å². The van der Waals surface area contributed by atoms with Gasteiger partial charge in [-0.2, -0.15) is 10.1 Å². The number of amides is 1. The topological polar surface area (TPSA) is 86.6 Å². The van der Waals surface area contributed by atoms with Gasteiger partial charge in [-0.15, -0.1) is 0 Å². The Hall–Kier alpha value is -4.53. The fraction of sp³-hybridized carbons (Fsp3) is 0.185. The average Bonchev–Trinajstić information content (AvgIpc) is 3.33. The predicted octanol–water partition coefficient (Wildman–Crippen LogP) is 3.65. The minimum Gasteiger partial charge on any atom is -0.368 e. The lowest BCUT2D eigenvalue weighted by Gasteiger charge is -2.36. The molecule has 0 radical (unpaired) electrons. The summed E-state index contributed by atoms with van der Waals surface area (Å²) < 4.78 is 14.9. The summed E-state index contributed by atoms with van der Waals surface area (Å²) in [7, 11) is 0. The van der Waals surface area contributed by atoms with Crippen molar-refractivity contribution in [3.05, 3.63) is 94.0 Å². The van der Waals surface area contributed by atoms with Crippen molar-refractivity contribution < 1.29 is 9.18 Å². The van der Waals surface area contributed by atoms with Gasteiger partial charge in [-0.3, -0.25) is 9.59 Å². The highest BCUT2D eigenvalue weighted by Gasteiger charge is 2.23. The number of nitrogens with one attached hydrogen (secondary N) is 1. The second-order valence-corrected chi connectivity index (χ2v) is 8.99. The Morgan fingerprint density at radius 3 is 2.39 bits per heavy atom. The van der Waals surface area contributed by atoms with Crippen LogP contribution in [0.3, 0.4) is 0 Å². The monoisotopic (exact) mass is 482 g/mol. The van der Waals surface area contributed by atoms with Crippen LogP contribution in [0, 0.1) is 12.7 Å². The molecular formula is C27H23FN6O2. The molecule has 1 N–H and O–H groups in total. The van der Waals surface area contributed by atoms with Crippen LogP contribution >= 0.6 is 0 Å². The van der Waals surface area contributed by atoms with Crippen molar-refractivity contribution in [1.82, 2.24) is 24.7 Å². The largest absolute Gasteiger partial charge is 0.368 e. The highest BCUT2D eigenvalue weighted by molar-refractivity contribution is 5.98. The summed E-state index contributed by atoms with van der Waals surface area (Å²) in [5.41, 5.74) is 4.55. The lowest BCUT2D eigenvalue weighted by molar-refractivity contribution is 0.0747. The van der Waals surface area contributed by atoms with Gasteiger partial charge >= 0.3 is 0 Å². The van der Waals surface area contributed by atoms with Crippen LogP contribution in [0.1, 0.15) is 15.9 Å². The molecule has 3 heterocycles. The fourth-order valence-electron chi connectivity index (χ4n) is 4.67. The third-order valence-electron chi connectivity index (χ3n) is 6.69. The Morgan fingerprint density at radius 2 is 1.67 bits per heavy atom. The highest BCUT2D eigenvalue weighted by atomic mass is 19.1. The first-order chi connectivity index (χ1) is 17.5. The molecule has 2 aromatic heterocycles. The number of hydrogen-bond acceptors (Lipinski definition) is 5. The van der Waals surface area contributed by atoms with Crippen LogP contribution in [-0.2, 0) is 0 Å². The van der Waals surface area contributed by atoms with Crippen molar-refractivity contribution in [2.75, 3.05) is 31.1 Å². The summed E-state index contributed by atoms with van der Waals surface area (Å²) >= 11 is 0. The van der Waals surface area contributed by atoms with Crippen LogP contribution in [0.4, 0.5) is 10.1 Å². The standard InChI is InChI=1S/C27H23FN6O2/c1-17-2-4-18(5-3-17)24-25-29-26(35)22-11-6-19(16-23(22)34(25)31-30-24)27(36)33-14-12-32(13-15-33)21-9-7-20(28)8-10-21/h2-11,16,31H,12-15H2,1H3. The van der Waals surface area contributed by atoms with Gasteiger partial charge in [0.05, 0.1) is 10.9 Å². The van der Waals surface area contributed by atoms with Crippen LogP contribution < -0.4 is 10.5 Å². The molecule has 8 nitrogen and oxygen atoms in total. The summed E-state index contributed by atoms with van der Waals surface area (Å²) in [5, 5.41) is 7.76. The van der Waals surface area contributed by atoms with Crippen LogP contribution in [0.25, 0.3) is 27.8 Å². The van der Waals surface area contributed by atoms with Crippen molar-refractivity contribution in [3.63, 3.8) is 0 Å². The van der Waals surface area contributed by atoms with E-state index in [9.17, 15) is 14.0 Å². The van der Waals surface area contributed by atoms with Crippen molar-refractivity contribution in [2.24, 2.45) is 0 Å². The molecule has 1 amide bonds. The Kier molecular flexibility index (Phi) is 5.25. The number of halogens is 1. The van der Waals surface area contributed by atoms with E-state index in [4.69, 9.17) is 0 Å². The van der Waals surface area contributed by atoms with Gasteiger partial charge in [0.25, 0.3) is 11.5 Å². The minimum atomic E-state index is -0.369. The summed E-state index contributed by atoms with van der Waals surface area (Å²) in [6.07, 6.45) is 0. The van der Waals surface area contributed by atoms with Gasteiger partial charge < -0.3 is 9.80 Å². The molecular weight excluding hydrogens is 459 g/mol. The van der Waals surface area contributed by atoms with Gasteiger partial charge in [0.1, 0.15) is 11.5 Å². The average molecular weight is 483 g/mol. The van der Waals surface area contributed by atoms with Crippen molar-refractivity contribution >= 4 is 28.1 Å². The number of fused-ring (bicyclic) bond motifs is 3. The maximum absolute atomic E-state index is 13.3. The summed E-state index contributed by atoms with van der Waals surface area (Å²) in [5.74, 6) is -0.373. The number of carbonyl (C=O) groups is 1. The Labute approximate surface area is 205 Å². The van der Waals surface area contributed by atoms with Crippen molar-refractivity contribution in [2.45, 2.75) is 6.92 Å². The molecule has 3 aromatic carbocycles. The zero-order valence-electron chi connectivity index (χ0n) is 19.6. The number of aromatic amines is 1. The number of carbonyl (C=O) groups excluding carboxylic acids is 1. The maximum Gasteiger partial charge on any atom is 0.281 e. The molecule has 1 aliphatic heterocycles. The number of hydrogen-bond donors (Lipinski definition) is 1. The molecule has 180 valence electrons. The number of aryl methyl sites for hydroxylation is 1. The van der Waals surface area contributed by atoms with Crippen molar-refractivity contribution in [3.8, 4) is 11.3 Å². The molecule has 1 aliphatic rings. The smallest absolute Gasteiger partial charge is 0.281 e. The van der Waals surface area contributed by atoms with Crippen LogP contribution in [0.5, 0.6) is 0 Å². The quantitative estimate of drug-likeness (QED) is 0.424. The normalized spacial score (nSPS) is 14.1. The Bertz CT molecular complexity index is 1650. The van der Waals surface area contributed by atoms with Gasteiger partial charge in [-0.25, -0.2) is 14.1 Å². The molecule has 0 spiro atoms. The van der Waals surface area contributed by atoms with Gasteiger partial charge in [-0.05, 0) is 49.4 Å². The van der Waals surface area contributed by atoms with Crippen LogP contribution in [0.15, 0.2) is 71.5 Å². The van der Waals surface area contributed by atoms with Gasteiger partial charge in [-0.1, -0.05) is 29.8 Å². The zero-order valence-corrected chi connectivity index (χ0v) is 19.6. The Balaban J connectivity index is 1.30. The molecule has 0 saturated carbocycles. The molecule has 6 rings (SSSR count). The SMILES string of the molecule is Cc1ccc(-c2n[nH]n3c2nc(=O)c2ccc(C(=O)N4CCN(c5ccc(F)cc5)CC4)cc23)cc1. The number of H-pyrrole nitrogens is 1. The van der Waals surface area contributed by atoms with E-state index in [2.05, 4.69) is 20.2 Å². The first-order valence-electron chi connectivity index (χ1n) is 11.8. The number of aromatic nitrogens is 4. The second-order valence-electron chi connectivity index (χ2n) is 8.99.